The minimum atomic E-state index is -2.85. The van der Waals surface area contributed by atoms with Gasteiger partial charge in [0.15, 0.2) is 5.65 Å². The molecule has 0 spiro atoms. The molecule has 0 saturated carbocycles. The van der Waals surface area contributed by atoms with Crippen LogP contribution in [-0.2, 0) is 9.84 Å². The quantitative estimate of drug-likeness (QED) is 0.388. The fraction of sp³-hybridized carbons (Fsp3) is 0.536. The molecule has 6 heterocycles. The Labute approximate surface area is 224 Å². The van der Waals surface area contributed by atoms with E-state index in [0.29, 0.717) is 23.6 Å². The van der Waals surface area contributed by atoms with E-state index in [9.17, 15) is 8.42 Å². The van der Waals surface area contributed by atoms with E-state index in [-0.39, 0.29) is 12.0 Å². The van der Waals surface area contributed by atoms with Crippen LogP contribution in [0.1, 0.15) is 62.6 Å². The average Bonchev–Trinajstić information content (AvgIpc) is 3.58. The number of fused-ring (bicyclic) bond motifs is 2. The lowest BCUT2D eigenvalue weighted by Crippen LogP contribution is -2.43. The Hall–Kier alpha value is -2.98. The molecule has 2 aliphatic heterocycles. The third kappa shape index (κ3) is 4.37. The molecule has 10 heteroatoms. The number of nitrogens with one attached hydrogen (secondary N) is 2. The molecule has 2 N–H and O–H groups in total. The zero-order valence-corrected chi connectivity index (χ0v) is 23.6. The Morgan fingerprint density at radius 3 is 2.63 bits per heavy atom. The van der Waals surface area contributed by atoms with Gasteiger partial charge in [-0.05, 0) is 69.2 Å². The van der Waals surface area contributed by atoms with Crippen LogP contribution < -0.4 is 5.32 Å². The normalized spacial score (nSPS) is 22.7. The highest BCUT2D eigenvalue weighted by Crippen LogP contribution is 2.38. The number of likely N-dealkylation sites (tertiary alicyclic amines) is 1. The first-order valence-corrected chi connectivity index (χ1v) is 15.5. The maximum atomic E-state index is 11.9. The summed E-state index contributed by atoms with van der Waals surface area (Å²) in [5, 5.41) is 8.09. The lowest BCUT2D eigenvalue weighted by molar-refractivity contribution is 0.177. The van der Waals surface area contributed by atoms with Crippen LogP contribution in [0.15, 0.2) is 24.7 Å². The molecule has 0 bridgehead atoms. The number of aryl methyl sites for hydroxylation is 1. The molecule has 0 unspecified atom stereocenters. The van der Waals surface area contributed by atoms with E-state index < -0.39 is 9.84 Å². The number of hydrogen-bond acceptors (Lipinski definition) is 7. The second-order valence-corrected chi connectivity index (χ2v) is 13.8. The van der Waals surface area contributed by atoms with Crippen LogP contribution in [-0.4, -0.2) is 74.1 Å². The third-order valence-electron chi connectivity index (χ3n) is 8.62. The Morgan fingerprint density at radius 1 is 1.13 bits per heavy atom. The van der Waals surface area contributed by atoms with Crippen molar-refractivity contribution in [2.45, 2.75) is 77.9 Å². The predicted octanol–water partition coefficient (Wildman–Crippen LogP) is 4.46. The summed E-state index contributed by atoms with van der Waals surface area (Å²) in [5.41, 5.74) is 8.62. The van der Waals surface area contributed by atoms with Gasteiger partial charge in [-0.1, -0.05) is 13.8 Å². The highest BCUT2D eigenvalue weighted by atomic mass is 32.2. The summed E-state index contributed by atoms with van der Waals surface area (Å²) < 4.78 is 25.7. The van der Waals surface area contributed by atoms with Crippen LogP contribution in [0.3, 0.4) is 0 Å². The second kappa shape index (κ2) is 9.34. The molecule has 202 valence electrons. The number of anilines is 1. The first-order chi connectivity index (χ1) is 18.1. The van der Waals surface area contributed by atoms with Gasteiger partial charge < -0.3 is 10.3 Å². The number of hydrogen-bond donors (Lipinski definition) is 2. The first kappa shape index (κ1) is 25.3. The van der Waals surface area contributed by atoms with E-state index >= 15 is 0 Å². The number of sulfone groups is 1. The molecular weight excluding hydrogens is 498 g/mol. The molecule has 38 heavy (non-hydrogen) atoms. The first-order valence-electron chi connectivity index (χ1n) is 13.7. The summed E-state index contributed by atoms with van der Waals surface area (Å²) in [6.45, 7) is 11.8. The number of nitrogens with zero attached hydrogens (tertiary/aromatic N) is 5. The van der Waals surface area contributed by atoms with Gasteiger partial charge in [-0.25, -0.2) is 22.9 Å². The number of rotatable bonds is 5. The molecule has 9 nitrogen and oxygen atoms in total. The maximum Gasteiger partial charge on any atom is 0.158 e. The van der Waals surface area contributed by atoms with Gasteiger partial charge in [0.25, 0.3) is 0 Å². The van der Waals surface area contributed by atoms with Crippen molar-refractivity contribution in [2.24, 2.45) is 0 Å². The van der Waals surface area contributed by atoms with Crippen molar-refractivity contribution in [3.05, 3.63) is 41.3 Å². The van der Waals surface area contributed by atoms with Crippen molar-refractivity contribution in [1.82, 2.24) is 29.5 Å². The van der Waals surface area contributed by atoms with E-state index in [0.717, 1.165) is 65.1 Å². The Kier molecular flexibility index (Phi) is 6.22. The maximum absolute atomic E-state index is 11.9. The van der Waals surface area contributed by atoms with Crippen LogP contribution in [0, 0.1) is 13.8 Å². The molecule has 0 aliphatic carbocycles. The summed E-state index contributed by atoms with van der Waals surface area (Å²) in [4.78, 5) is 15.7. The summed E-state index contributed by atoms with van der Waals surface area (Å²) in [6.07, 6.45) is 6.17. The van der Waals surface area contributed by atoms with Gasteiger partial charge in [0.1, 0.15) is 22.0 Å². The molecule has 0 radical (unpaired) electrons. The van der Waals surface area contributed by atoms with Crippen molar-refractivity contribution in [2.75, 3.05) is 23.4 Å². The highest BCUT2D eigenvalue weighted by molar-refractivity contribution is 7.91. The second-order valence-electron chi connectivity index (χ2n) is 11.5. The summed E-state index contributed by atoms with van der Waals surface area (Å²) in [5.74, 6) is 1.79. The molecule has 2 aliphatic rings. The van der Waals surface area contributed by atoms with Crippen LogP contribution in [0.2, 0.25) is 0 Å². The number of H-pyrrole nitrogens is 1. The molecular formula is C28H37N7O2S. The van der Waals surface area contributed by atoms with Crippen molar-refractivity contribution < 1.29 is 8.42 Å². The van der Waals surface area contributed by atoms with Gasteiger partial charge in [-0.2, -0.15) is 5.10 Å². The van der Waals surface area contributed by atoms with E-state index in [4.69, 9.17) is 4.98 Å². The highest BCUT2D eigenvalue weighted by Gasteiger charge is 2.36. The van der Waals surface area contributed by atoms with E-state index in [1.165, 1.54) is 11.1 Å². The average molecular weight is 536 g/mol. The van der Waals surface area contributed by atoms with Gasteiger partial charge in [0, 0.05) is 42.0 Å². The number of aromatic amines is 1. The van der Waals surface area contributed by atoms with E-state index in [2.05, 4.69) is 78.2 Å². The Morgan fingerprint density at radius 2 is 1.89 bits per heavy atom. The molecule has 6 rings (SSSR count). The SMILES string of the molecule is Cc1c(-c2[nH]c3ccc(N[C@H]4C[C@@H](C)N(C5CCS(=O)(=O)CC5)C4)nc3c2C(C)C)cn2ncnc2c1C. The Balaban J connectivity index is 1.29. The zero-order valence-electron chi connectivity index (χ0n) is 22.8. The monoisotopic (exact) mass is 535 g/mol. The van der Waals surface area contributed by atoms with Crippen molar-refractivity contribution in [3.63, 3.8) is 0 Å². The largest absolute Gasteiger partial charge is 0.366 e. The fourth-order valence-corrected chi connectivity index (χ4v) is 7.95. The lowest BCUT2D eigenvalue weighted by Gasteiger charge is -2.34. The third-order valence-corrected chi connectivity index (χ3v) is 10.3. The van der Waals surface area contributed by atoms with Crippen LogP contribution in [0.5, 0.6) is 0 Å². The number of pyridine rings is 2. The van der Waals surface area contributed by atoms with E-state index in [1.807, 2.05) is 4.52 Å². The van der Waals surface area contributed by atoms with Gasteiger partial charge >= 0.3 is 0 Å². The standard InChI is InChI=1S/C28H37N7O2S/c1-16(2)25-26(22-14-35-28(29-15-30-35)19(5)18(22)4)32-23-6-7-24(33-27(23)25)31-20-12-17(3)34(13-20)21-8-10-38(36,37)11-9-21/h6-7,14-17,20-21,32H,8-13H2,1-5H3,(H,31,33)/t17-,20+/m1/s1. The molecule has 2 saturated heterocycles. The number of aromatic nitrogens is 5. The lowest BCUT2D eigenvalue weighted by atomic mass is 9.95. The molecule has 2 fully saturated rings. The molecule has 4 aromatic heterocycles. The van der Waals surface area contributed by atoms with Crippen LogP contribution in [0.25, 0.3) is 27.9 Å². The van der Waals surface area contributed by atoms with Gasteiger partial charge in [-0.15, -0.1) is 0 Å². The van der Waals surface area contributed by atoms with Crippen molar-refractivity contribution in [3.8, 4) is 11.3 Å². The minimum Gasteiger partial charge on any atom is -0.366 e. The van der Waals surface area contributed by atoms with E-state index in [1.54, 1.807) is 6.33 Å². The smallest absolute Gasteiger partial charge is 0.158 e. The summed E-state index contributed by atoms with van der Waals surface area (Å²) in [6, 6.07) is 5.24. The molecule has 4 aromatic rings. The molecule has 2 atom stereocenters. The minimum absolute atomic E-state index is 0.275. The van der Waals surface area contributed by atoms with Gasteiger partial charge in [0.05, 0.1) is 28.2 Å². The van der Waals surface area contributed by atoms with Crippen LogP contribution in [0.4, 0.5) is 5.82 Å². The molecule has 0 aromatic carbocycles. The zero-order chi connectivity index (χ0) is 26.8. The van der Waals surface area contributed by atoms with Crippen molar-refractivity contribution in [1.29, 1.82) is 0 Å². The Bertz CT molecular complexity index is 1610. The topological polar surface area (TPSA) is 108 Å². The fourth-order valence-electron chi connectivity index (χ4n) is 6.48. The van der Waals surface area contributed by atoms with Crippen molar-refractivity contribution >= 4 is 32.3 Å². The van der Waals surface area contributed by atoms with Gasteiger partial charge in [-0.3, -0.25) is 4.90 Å². The summed E-state index contributed by atoms with van der Waals surface area (Å²) >= 11 is 0. The van der Waals surface area contributed by atoms with Crippen LogP contribution >= 0.6 is 0 Å². The molecule has 0 amide bonds. The summed E-state index contributed by atoms with van der Waals surface area (Å²) in [7, 11) is -2.85. The predicted molar refractivity (Wildman–Crippen MR) is 152 cm³/mol. The van der Waals surface area contributed by atoms with Gasteiger partial charge in [0.2, 0.25) is 0 Å².